The van der Waals surface area contributed by atoms with E-state index in [2.05, 4.69) is 37.9 Å². The zero-order valence-electron chi connectivity index (χ0n) is 9.65. The number of hydrogen-bond acceptors (Lipinski definition) is 4. The van der Waals surface area contributed by atoms with Gasteiger partial charge in [0.15, 0.2) is 0 Å². The minimum atomic E-state index is 0.704. The minimum Gasteiger partial charge on any atom is -0.372 e. The van der Waals surface area contributed by atoms with Crippen LogP contribution in [0.4, 0.5) is 5.82 Å². The van der Waals surface area contributed by atoms with Crippen molar-refractivity contribution >= 4 is 51.8 Å². The molecule has 6 heteroatoms. The molecule has 0 saturated heterocycles. The van der Waals surface area contributed by atoms with Crippen molar-refractivity contribution in [3.8, 4) is 0 Å². The third-order valence-corrected chi connectivity index (χ3v) is 4.52. The minimum absolute atomic E-state index is 0.704. The maximum absolute atomic E-state index is 6.10. The van der Waals surface area contributed by atoms with Crippen molar-refractivity contribution in [2.24, 2.45) is 0 Å². The smallest absolute Gasteiger partial charge is 0.142 e. The molecule has 18 heavy (non-hydrogen) atoms. The number of aromatic nitrogens is 2. The van der Waals surface area contributed by atoms with Crippen LogP contribution in [0.15, 0.2) is 35.4 Å². The summed E-state index contributed by atoms with van der Waals surface area (Å²) in [5, 5.41) is 3.82. The van der Waals surface area contributed by atoms with E-state index in [-0.39, 0.29) is 0 Å². The number of thioether (sulfide) groups is 1. The third kappa shape index (κ3) is 3.49. The summed E-state index contributed by atoms with van der Waals surface area (Å²) in [6.07, 6.45) is 1.82. The molecule has 0 atom stereocenters. The highest BCUT2D eigenvalue weighted by Crippen LogP contribution is 2.28. The average molecular weight is 392 g/mol. The summed E-state index contributed by atoms with van der Waals surface area (Å²) < 4.78 is 1.02. The Morgan fingerprint density at radius 2 is 2.17 bits per heavy atom. The number of rotatable bonds is 4. The lowest BCUT2D eigenvalue weighted by Crippen LogP contribution is -2.01. The van der Waals surface area contributed by atoms with Crippen molar-refractivity contribution in [1.29, 1.82) is 0 Å². The summed E-state index contributed by atoms with van der Waals surface area (Å²) in [4.78, 5) is 9.80. The SMILES string of the molecule is CNc1nc(CSc2ccccc2Cl)ncc1I. The zero-order chi connectivity index (χ0) is 13.0. The van der Waals surface area contributed by atoms with E-state index in [9.17, 15) is 0 Å². The molecule has 3 nitrogen and oxygen atoms in total. The molecule has 0 radical (unpaired) electrons. The van der Waals surface area contributed by atoms with Crippen molar-refractivity contribution < 1.29 is 0 Å². The number of anilines is 1. The van der Waals surface area contributed by atoms with Crippen LogP contribution in [0, 0.1) is 3.57 Å². The lowest BCUT2D eigenvalue weighted by atomic mass is 10.4. The first-order valence-electron chi connectivity index (χ1n) is 5.27. The Labute approximate surface area is 129 Å². The fraction of sp³-hybridized carbons (Fsp3) is 0.167. The Morgan fingerprint density at radius 3 is 2.89 bits per heavy atom. The predicted octanol–water partition coefficient (Wildman–Crippen LogP) is 4.07. The largest absolute Gasteiger partial charge is 0.372 e. The fourth-order valence-corrected chi connectivity index (χ4v) is 2.99. The van der Waals surface area contributed by atoms with E-state index in [0.717, 1.165) is 25.1 Å². The Kier molecular flexibility index (Phi) is 5.08. The van der Waals surface area contributed by atoms with Crippen LogP contribution in [-0.4, -0.2) is 17.0 Å². The van der Waals surface area contributed by atoms with Gasteiger partial charge in [-0.1, -0.05) is 23.7 Å². The lowest BCUT2D eigenvalue weighted by molar-refractivity contribution is 1.02. The lowest BCUT2D eigenvalue weighted by Gasteiger charge is -2.06. The number of halogens is 2. The zero-order valence-corrected chi connectivity index (χ0v) is 13.4. The number of nitrogens with zero attached hydrogens (tertiary/aromatic N) is 2. The van der Waals surface area contributed by atoms with E-state index in [1.165, 1.54) is 0 Å². The van der Waals surface area contributed by atoms with Crippen LogP contribution in [0.25, 0.3) is 0 Å². The molecule has 0 spiro atoms. The molecular formula is C12H11ClIN3S. The number of nitrogens with one attached hydrogen (secondary N) is 1. The average Bonchev–Trinajstić information content (AvgIpc) is 2.39. The molecular weight excluding hydrogens is 381 g/mol. The maximum Gasteiger partial charge on any atom is 0.142 e. The highest BCUT2D eigenvalue weighted by Gasteiger charge is 2.05. The summed E-state index contributed by atoms with van der Waals surface area (Å²) in [5.41, 5.74) is 0. The second kappa shape index (κ2) is 6.58. The van der Waals surface area contributed by atoms with Crippen LogP contribution in [0.5, 0.6) is 0 Å². The molecule has 0 fully saturated rings. The summed E-state index contributed by atoms with van der Waals surface area (Å²) in [6, 6.07) is 7.78. The van der Waals surface area contributed by atoms with Gasteiger partial charge in [-0.15, -0.1) is 11.8 Å². The van der Waals surface area contributed by atoms with Crippen molar-refractivity contribution in [3.63, 3.8) is 0 Å². The standard InChI is InChI=1S/C12H11ClIN3S/c1-15-12-9(14)6-16-11(17-12)7-18-10-5-3-2-4-8(10)13/h2-6H,7H2,1H3,(H,15,16,17). The van der Waals surface area contributed by atoms with Crippen LogP contribution in [-0.2, 0) is 5.75 Å². The first-order chi connectivity index (χ1) is 8.70. The molecule has 1 aromatic carbocycles. The Bertz CT molecular complexity index is 551. The summed E-state index contributed by atoms with van der Waals surface area (Å²) in [6.45, 7) is 0. The Balaban J connectivity index is 2.09. The first kappa shape index (κ1) is 13.9. The molecule has 0 aliphatic carbocycles. The molecule has 94 valence electrons. The van der Waals surface area contributed by atoms with Crippen molar-refractivity contribution in [3.05, 3.63) is 44.9 Å². The van der Waals surface area contributed by atoms with E-state index in [0.29, 0.717) is 5.75 Å². The number of benzene rings is 1. The molecule has 1 N–H and O–H groups in total. The Hall–Kier alpha value is -0.530. The van der Waals surface area contributed by atoms with Crippen LogP contribution < -0.4 is 5.32 Å². The molecule has 1 heterocycles. The Morgan fingerprint density at radius 1 is 1.39 bits per heavy atom. The molecule has 0 amide bonds. The second-order valence-electron chi connectivity index (χ2n) is 3.45. The molecule has 0 aliphatic heterocycles. The summed E-state index contributed by atoms with van der Waals surface area (Å²) in [5.74, 6) is 2.36. The van der Waals surface area contributed by atoms with Gasteiger partial charge in [0, 0.05) is 18.1 Å². The van der Waals surface area contributed by atoms with Crippen molar-refractivity contribution in [2.75, 3.05) is 12.4 Å². The molecule has 2 rings (SSSR count). The van der Waals surface area contributed by atoms with E-state index < -0.39 is 0 Å². The van der Waals surface area contributed by atoms with Crippen molar-refractivity contribution in [1.82, 2.24) is 9.97 Å². The predicted molar refractivity (Wildman–Crippen MR) is 85.3 cm³/mol. The van der Waals surface area contributed by atoms with Crippen LogP contribution in [0.2, 0.25) is 5.02 Å². The monoisotopic (exact) mass is 391 g/mol. The van der Waals surface area contributed by atoms with Crippen LogP contribution >= 0.6 is 46.0 Å². The van der Waals surface area contributed by atoms with Gasteiger partial charge in [0.1, 0.15) is 11.6 Å². The molecule has 2 aromatic rings. The van der Waals surface area contributed by atoms with E-state index >= 15 is 0 Å². The molecule has 0 saturated carbocycles. The van der Waals surface area contributed by atoms with Gasteiger partial charge in [-0.05, 0) is 34.7 Å². The molecule has 0 unspecified atom stereocenters. The van der Waals surface area contributed by atoms with Gasteiger partial charge in [-0.25, -0.2) is 9.97 Å². The fourth-order valence-electron chi connectivity index (χ4n) is 1.35. The highest BCUT2D eigenvalue weighted by atomic mass is 127. The van der Waals surface area contributed by atoms with Gasteiger partial charge in [-0.2, -0.15) is 0 Å². The van der Waals surface area contributed by atoms with Crippen molar-refractivity contribution in [2.45, 2.75) is 10.6 Å². The van der Waals surface area contributed by atoms with E-state index in [4.69, 9.17) is 11.6 Å². The van der Waals surface area contributed by atoms with Crippen LogP contribution in [0.1, 0.15) is 5.82 Å². The topological polar surface area (TPSA) is 37.8 Å². The highest BCUT2D eigenvalue weighted by molar-refractivity contribution is 14.1. The molecule has 0 aliphatic rings. The maximum atomic E-state index is 6.10. The molecule has 1 aromatic heterocycles. The normalized spacial score (nSPS) is 10.4. The third-order valence-electron chi connectivity index (χ3n) is 2.22. The quantitative estimate of drug-likeness (QED) is 0.630. The summed E-state index contributed by atoms with van der Waals surface area (Å²) in [7, 11) is 1.86. The van der Waals surface area contributed by atoms with Gasteiger partial charge in [0.05, 0.1) is 14.3 Å². The van der Waals surface area contributed by atoms with Crippen LogP contribution in [0.3, 0.4) is 0 Å². The molecule has 0 bridgehead atoms. The van der Waals surface area contributed by atoms with Gasteiger partial charge >= 0.3 is 0 Å². The van der Waals surface area contributed by atoms with Gasteiger partial charge < -0.3 is 5.32 Å². The number of hydrogen-bond donors (Lipinski definition) is 1. The van der Waals surface area contributed by atoms with Gasteiger partial charge in [0.25, 0.3) is 0 Å². The summed E-state index contributed by atoms with van der Waals surface area (Å²) >= 11 is 9.94. The first-order valence-corrected chi connectivity index (χ1v) is 7.71. The van der Waals surface area contributed by atoms with E-state index in [1.807, 2.05) is 37.5 Å². The van der Waals surface area contributed by atoms with Gasteiger partial charge in [-0.3, -0.25) is 0 Å². The van der Waals surface area contributed by atoms with E-state index in [1.54, 1.807) is 11.8 Å². The van der Waals surface area contributed by atoms with Gasteiger partial charge in [0.2, 0.25) is 0 Å². The second-order valence-corrected chi connectivity index (χ2v) is 6.04.